The standard InChI is InChI=1S/C23H29N5O4/c1-24-23(30)20-6-5-17(15-25-20)18-3-2-4-19(26-18)21-16-27(9-14-32-21)8-7-22(29)28-10-12-31-13-11-28/h2-6,15,21H,7-14,16H2,1H3,(H,24,30). The molecule has 170 valence electrons. The van der Waals surface area contributed by atoms with Crippen LogP contribution in [0.5, 0.6) is 0 Å². The summed E-state index contributed by atoms with van der Waals surface area (Å²) in [6.45, 7) is 5.42. The van der Waals surface area contributed by atoms with E-state index in [0.29, 0.717) is 58.1 Å². The fourth-order valence-electron chi connectivity index (χ4n) is 3.91. The summed E-state index contributed by atoms with van der Waals surface area (Å²) in [5.41, 5.74) is 2.83. The lowest BCUT2D eigenvalue weighted by Crippen LogP contribution is -2.44. The van der Waals surface area contributed by atoms with Crippen molar-refractivity contribution < 1.29 is 19.1 Å². The molecule has 4 heterocycles. The van der Waals surface area contributed by atoms with E-state index >= 15 is 0 Å². The number of pyridine rings is 2. The molecule has 0 saturated carbocycles. The Bertz CT molecular complexity index is 930. The van der Waals surface area contributed by atoms with E-state index in [1.165, 1.54) is 0 Å². The van der Waals surface area contributed by atoms with Crippen molar-refractivity contribution in [3.05, 3.63) is 47.9 Å². The summed E-state index contributed by atoms with van der Waals surface area (Å²) in [5, 5.41) is 2.56. The number of carbonyl (C=O) groups is 2. The van der Waals surface area contributed by atoms with E-state index in [1.807, 2.05) is 29.2 Å². The van der Waals surface area contributed by atoms with Crippen LogP contribution in [0.1, 0.15) is 28.7 Å². The predicted molar refractivity (Wildman–Crippen MR) is 118 cm³/mol. The second kappa shape index (κ2) is 10.6. The highest BCUT2D eigenvalue weighted by Crippen LogP contribution is 2.24. The first-order chi connectivity index (χ1) is 15.6. The molecule has 2 aliphatic rings. The Morgan fingerprint density at radius 1 is 1.12 bits per heavy atom. The van der Waals surface area contributed by atoms with E-state index < -0.39 is 0 Å². The third-order valence-electron chi connectivity index (χ3n) is 5.78. The number of amides is 2. The first-order valence-corrected chi connectivity index (χ1v) is 11.0. The van der Waals surface area contributed by atoms with E-state index in [0.717, 1.165) is 23.5 Å². The molecular weight excluding hydrogens is 410 g/mol. The van der Waals surface area contributed by atoms with Gasteiger partial charge >= 0.3 is 0 Å². The number of rotatable bonds is 6. The highest BCUT2D eigenvalue weighted by Gasteiger charge is 2.25. The van der Waals surface area contributed by atoms with Crippen molar-refractivity contribution in [1.29, 1.82) is 0 Å². The molecule has 2 fully saturated rings. The molecule has 1 unspecified atom stereocenters. The van der Waals surface area contributed by atoms with E-state index in [4.69, 9.17) is 14.5 Å². The molecule has 0 aliphatic carbocycles. The maximum Gasteiger partial charge on any atom is 0.269 e. The summed E-state index contributed by atoms with van der Waals surface area (Å²) in [7, 11) is 1.58. The van der Waals surface area contributed by atoms with Crippen molar-refractivity contribution >= 4 is 11.8 Å². The Labute approximate surface area is 187 Å². The third kappa shape index (κ3) is 5.48. The maximum atomic E-state index is 12.4. The van der Waals surface area contributed by atoms with Crippen molar-refractivity contribution in [3.8, 4) is 11.3 Å². The summed E-state index contributed by atoms with van der Waals surface area (Å²) in [4.78, 5) is 37.3. The Balaban J connectivity index is 1.37. The highest BCUT2D eigenvalue weighted by atomic mass is 16.5. The van der Waals surface area contributed by atoms with E-state index in [2.05, 4.69) is 15.2 Å². The molecule has 2 aromatic heterocycles. The van der Waals surface area contributed by atoms with Gasteiger partial charge in [0.15, 0.2) is 0 Å². The van der Waals surface area contributed by atoms with Crippen molar-refractivity contribution in [1.82, 2.24) is 25.1 Å². The Morgan fingerprint density at radius 2 is 1.97 bits per heavy atom. The topological polar surface area (TPSA) is 96.9 Å². The van der Waals surface area contributed by atoms with Crippen LogP contribution in [0.3, 0.4) is 0 Å². The first kappa shape index (κ1) is 22.3. The van der Waals surface area contributed by atoms with Crippen LogP contribution in [-0.4, -0.2) is 91.2 Å². The van der Waals surface area contributed by atoms with E-state index in [-0.39, 0.29) is 17.9 Å². The number of ether oxygens (including phenoxy) is 2. The van der Waals surface area contributed by atoms with Gasteiger partial charge < -0.3 is 19.7 Å². The minimum absolute atomic E-state index is 0.153. The molecule has 2 amide bonds. The number of morpholine rings is 2. The number of hydrogen-bond donors (Lipinski definition) is 1. The maximum absolute atomic E-state index is 12.4. The molecule has 2 aromatic rings. The minimum Gasteiger partial charge on any atom is -0.378 e. The lowest BCUT2D eigenvalue weighted by atomic mass is 10.1. The molecule has 1 atom stereocenters. The van der Waals surface area contributed by atoms with E-state index in [1.54, 1.807) is 19.3 Å². The zero-order valence-electron chi connectivity index (χ0n) is 18.3. The molecule has 9 nitrogen and oxygen atoms in total. The number of hydrogen-bond acceptors (Lipinski definition) is 7. The third-order valence-corrected chi connectivity index (χ3v) is 5.78. The molecular formula is C23H29N5O4. The zero-order chi connectivity index (χ0) is 22.3. The number of nitrogens with zero attached hydrogens (tertiary/aromatic N) is 4. The fraction of sp³-hybridized carbons (Fsp3) is 0.478. The van der Waals surface area contributed by atoms with Gasteiger partial charge in [-0.2, -0.15) is 0 Å². The monoisotopic (exact) mass is 439 g/mol. The largest absolute Gasteiger partial charge is 0.378 e. The van der Waals surface area contributed by atoms with Gasteiger partial charge in [-0.05, 0) is 24.3 Å². The van der Waals surface area contributed by atoms with Gasteiger partial charge in [-0.1, -0.05) is 6.07 Å². The molecule has 0 spiro atoms. The van der Waals surface area contributed by atoms with Gasteiger partial charge in [0.2, 0.25) is 5.91 Å². The van der Waals surface area contributed by atoms with Crippen LogP contribution in [-0.2, 0) is 14.3 Å². The predicted octanol–water partition coefficient (Wildman–Crippen LogP) is 1.13. The van der Waals surface area contributed by atoms with Crippen molar-refractivity contribution in [2.24, 2.45) is 0 Å². The Morgan fingerprint density at radius 3 is 2.72 bits per heavy atom. The normalized spacial score (nSPS) is 19.5. The summed E-state index contributed by atoms with van der Waals surface area (Å²) < 4.78 is 11.3. The van der Waals surface area contributed by atoms with Crippen LogP contribution in [0.15, 0.2) is 36.5 Å². The van der Waals surface area contributed by atoms with Gasteiger partial charge in [0.25, 0.3) is 5.91 Å². The highest BCUT2D eigenvalue weighted by molar-refractivity contribution is 5.92. The molecule has 2 saturated heterocycles. The van der Waals surface area contributed by atoms with Crippen LogP contribution >= 0.6 is 0 Å². The quantitative estimate of drug-likeness (QED) is 0.721. The lowest BCUT2D eigenvalue weighted by Gasteiger charge is -2.33. The summed E-state index contributed by atoms with van der Waals surface area (Å²) in [5.74, 6) is -0.0368. The second-order valence-corrected chi connectivity index (χ2v) is 7.86. The molecule has 0 radical (unpaired) electrons. The zero-order valence-corrected chi connectivity index (χ0v) is 18.3. The smallest absolute Gasteiger partial charge is 0.269 e. The first-order valence-electron chi connectivity index (χ1n) is 11.0. The summed E-state index contributed by atoms with van der Waals surface area (Å²) >= 11 is 0. The van der Waals surface area contributed by atoms with Crippen molar-refractivity contribution in [2.45, 2.75) is 12.5 Å². The molecule has 0 bridgehead atoms. The Hall–Kier alpha value is -2.88. The van der Waals surface area contributed by atoms with Crippen LogP contribution in [0.2, 0.25) is 0 Å². The van der Waals surface area contributed by atoms with Gasteiger partial charge in [-0.3, -0.25) is 19.5 Å². The van der Waals surface area contributed by atoms with Crippen LogP contribution in [0.4, 0.5) is 0 Å². The van der Waals surface area contributed by atoms with Crippen LogP contribution < -0.4 is 5.32 Å². The SMILES string of the molecule is CNC(=O)c1ccc(-c2cccc(C3CN(CCC(=O)N4CCOCC4)CCO3)n2)cn1. The van der Waals surface area contributed by atoms with Gasteiger partial charge in [0, 0.05) is 58.0 Å². The molecule has 2 aliphatic heterocycles. The molecule has 32 heavy (non-hydrogen) atoms. The van der Waals surface area contributed by atoms with E-state index in [9.17, 15) is 9.59 Å². The summed E-state index contributed by atoms with van der Waals surface area (Å²) in [6, 6.07) is 9.36. The number of nitrogens with one attached hydrogen (secondary N) is 1. The minimum atomic E-state index is -0.221. The Kier molecular flexibility index (Phi) is 7.41. The van der Waals surface area contributed by atoms with Gasteiger partial charge in [0.1, 0.15) is 11.8 Å². The fourth-order valence-corrected chi connectivity index (χ4v) is 3.91. The average Bonchev–Trinajstić information content (AvgIpc) is 2.87. The van der Waals surface area contributed by atoms with Crippen LogP contribution in [0.25, 0.3) is 11.3 Å². The molecule has 0 aromatic carbocycles. The van der Waals surface area contributed by atoms with Crippen LogP contribution in [0, 0.1) is 0 Å². The average molecular weight is 440 g/mol. The number of aromatic nitrogens is 2. The lowest BCUT2D eigenvalue weighted by molar-refractivity contribution is -0.136. The van der Waals surface area contributed by atoms with Crippen molar-refractivity contribution in [3.63, 3.8) is 0 Å². The molecule has 9 heteroatoms. The molecule has 1 N–H and O–H groups in total. The second-order valence-electron chi connectivity index (χ2n) is 7.86. The van der Waals surface area contributed by atoms with Gasteiger partial charge in [-0.15, -0.1) is 0 Å². The van der Waals surface area contributed by atoms with Gasteiger partial charge in [0.05, 0.1) is 31.2 Å². The molecule has 4 rings (SSSR count). The van der Waals surface area contributed by atoms with Crippen molar-refractivity contribution in [2.75, 3.05) is 59.6 Å². The number of carbonyl (C=O) groups excluding carboxylic acids is 2. The van der Waals surface area contributed by atoms with Gasteiger partial charge in [-0.25, -0.2) is 4.98 Å². The summed E-state index contributed by atoms with van der Waals surface area (Å²) in [6.07, 6.45) is 2.01.